The second kappa shape index (κ2) is 8.85. The summed E-state index contributed by atoms with van der Waals surface area (Å²) in [5, 5.41) is 19.2. The summed E-state index contributed by atoms with van der Waals surface area (Å²) >= 11 is 0. The first-order valence-corrected chi connectivity index (χ1v) is 10.0. The van der Waals surface area contributed by atoms with Gasteiger partial charge in [0.15, 0.2) is 5.69 Å². The van der Waals surface area contributed by atoms with E-state index in [1.165, 1.54) is 31.9 Å². The number of nitrogens with one attached hydrogen (secondary N) is 3. The number of nitriles is 1. The third kappa shape index (κ3) is 4.49. The van der Waals surface area contributed by atoms with Crippen molar-refractivity contribution in [1.29, 1.82) is 5.26 Å². The normalized spacial score (nSPS) is 19.2. The monoisotopic (exact) mass is 378 g/mol. The Labute approximate surface area is 165 Å². The molecule has 1 unspecified atom stereocenters. The molecule has 0 radical (unpaired) electrons. The Morgan fingerprint density at radius 3 is 2.68 bits per heavy atom. The first-order valence-electron chi connectivity index (χ1n) is 10.0. The zero-order valence-corrected chi connectivity index (χ0v) is 16.0. The van der Waals surface area contributed by atoms with E-state index in [1.807, 2.05) is 18.3 Å². The number of hydrogen-bond acceptors (Lipinski definition) is 8. The number of nitrogens with zero attached hydrogens (tertiary/aromatic N) is 5. The van der Waals surface area contributed by atoms with Gasteiger partial charge in [0.2, 0.25) is 0 Å². The lowest BCUT2D eigenvalue weighted by atomic mass is 10.00. The lowest BCUT2D eigenvalue weighted by Crippen LogP contribution is -2.33. The quantitative estimate of drug-likeness (QED) is 0.705. The number of hydrogen-bond donors (Lipinski definition) is 3. The van der Waals surface area contributed by atoms with Gasteiger partial charge in [-0.05, 0) is 44.7 Å². The summed E-state index contributed by atoms with van der Waals surface area (Å²) < 4.78 is 0. The minimum absolute atomic E-state index is 0.298. The Balaban J connectivity index is 1.51. The lowest BCUT2D eigenvalue weighted by Gasteiger charge is -2.26. The molecular weight excluding hydrogens is 352 g/mol. The highest BCUT2D eigenvalue weighted by Gasteiger charge is 2.19. The van der Waals surface area contributed by atoms with Crippen LogP contribution in [-0.2, 0) is 0 Å². The van der Waals surface area contributed by atoms with Gasteiger partial charge in [-0.1, -0.05) is 0 Å². The van der Waals surface area contributed by atoms with Crippen molar-refractivity contribution in [3.8, 4) is 6.07 Å². The van der Waals surface area contributed by atoms with E-state index in [1.54, 1.807) is 6.20 Å². The van der Waals surface area contributed by atoms with E-state index in [4.69, 9.17) is 5.26 Å². The molecule has 3 N–H and O–H groups in total. The lowest BCUT2D eigenvalue weighted by molar-refractivity contribution is 0.393. The van der Waals surface area contributed by atoms with Gasteiger partial charge in [-0.25, -0.2) is 15.0 Å². The molecule has 0 aliphatic carbocycles. The van der Waals surface area contributed by atoms with Gasteiger partial charge in [0.1, 0.15) is 17.7 Å². The molecule has 146 valence electrons. The summed E-state index contributed by atoms with van der Waals surface area (Å²) in [6.07, 6.45) is 9.90. The van der Waals surface area contributed by atoms with Gasteiger partial charge < -0.3 is 20.9 Å². The third-order valence-electron chi connectivity index (χ3n) is 5.33. The van der Waals surface area contributed by atoms with Gasteiger partial charge in [-0.3, -0.25) is 0 Å². The zero-order chi connectivity index (χ0) is 19.2. The van der Waals surface area contributed by atoms with Gasteiger partial charge in [0.25, 0.3) is 0 Å². The van der Waals surface area contributed by atoms with Crippen molar-refractivity contribution in [1.82, 2.24) is 20.3 Å². The molecule has 4 rings (SSSR count). The first kappa shape index (κ1) is 18.4. The van der Waals surface area contributed by atoms with Crippen molar-refractivity contribution in [2.45, 2.75) is 25.7 Å². The van der Waals surface area contributed by atoms with Crippen LogP contribution in [0.3, 0.4) is 0 Å². The van der Waals surface area contributed by atoms with Gasteiger partial charge in [-0.15, -0.1) is 0 Å². The van der Waals surface area contributed by atoms with Crippen LogP contribution in [0.4, 0.5) is 23.0 Å². The van der Waals surface area contributed by atoms with Gasteiger partial charge in [-0.2, -0.15) is 5.26 Å². The molecule has 2 aromatic rings. The minimum Gasteiger partial charge on any atom is -0.383 e. The smallest absolute Gasteiger partial charge is 0.158 e. The molecule has 0 saturated carbocycles. The van der Waals surface area contributed by atoms with Crippen LogP contribution >= 0.6 is 0 Å². The zero-order valence-electron chi connectivity index (χ0n) is 16.0. The van der Waals surface area contributed by atoms with Crippen molar-refractivity contribution in [2.24, 2.45) is 5.92 Å². The SMILES string of the molecule is N#Cc1cnc(Nc2cc(NCC3CCCNC3)c(N3CCCC3)cn2)cn1. The molecule has 2 aliphatic heterocycles. The average Bonchev–Trinajstić information content (AvgIpc) is 3.28. The van der Waals surface area contributed by atoms with Crippen LogP contribution in [0.15, 0.2) is 24.7 Å². The molecule has 4 heterocycles. The maximum atomic E-state index is 8.85. The van der Waals surface area contributed by atoms with Crippen molar-refractivity contribution in [3.63, 3.8) is 0 Å². The number of rotatable bonds is 6. The molecule has 8 heteroatoms. The Hall–Kier alpha value is -2.92. The second-order valence-corrected chi connectivity index (χ2v) is 7.40. The molecule has 0 amide bonds. The Morgan fingerprint density at radius 2 is 1.96 bits per heavy atom. The topological polar surface area (TPSA) is 102 Å². The number of pyridine rings is 1. The summed E-state index contributed by atoms with van der Waals surface area (Å²) in [6, 6.07) is 4.02. The predicted molar refractivity (Wildman–Crippen MR) is 110 cm³/mol. The number of piperidine rings is 1. The van der Waals surface area contributed by atoms with Crippen LogP contribution in [0, 0.1) is 17.2 Å². The highest BCUT2D eigenvalue weighted by Crippen LogP contribution is 2.31. The fraction of sp³-hybridized carbons (Fsp3) is 0.500. The van der Waals surface area contributed by atoms with Gasteiger partial charge >= 0.3 is 0 Å². The van der Waals surface area contributed by atoms with Crippen LogP contribution in [0.2, 0.25) is 0 Å². The van der Waals surface area contributed by atoms with Gasteiger partial charge in [0.05, 0.1) is 30.0 Å². The second-order valence-electron chi connectivity index (χ2n) is 7.40. The molecule has 28 heavy (non-hydrogen) atoms. The van der Waals surface area contributed by atoms with Crippen molar-refractivity contribution in [2.75, 3.05) is 48.3 Å². The fourth-order valence-corrected chi connectivity index (χ4v) is 3.80. The van der Waals surface area contributed by atoms with Crippen LogP contribution in [0.25, 0.3) is 0 Å². The summed E-state index contributed by atoms with van der Waals surface area (Å²) in [7, 11) is 0. The van der Waals surface area contributed by atoms with Crippen molar-refractivity contribution < 1.29 is 0 Å². The molecular formula is C20H26N8. The average molecular weight is 378 g/mol. The molecule has 0 bridgehead atoms. The van der Waals surface area contributed by atoms with Crippen molar-refractivity contribution >= 4 is 23.0 Å². The highest BCUT2D eigenvalue weighted by molar-refractivity contribution is 5.73. The summed E-state index contributed by atoms with van der Waals surface area (Å²) in [4.78, 5) is 15.2. The van der Waals surface area contributed by atoms with Crippen LogP contribution in [0.5, 0.6) is 0 Å². The molecule has 0 aromatic carbocycles. The summed E-state index contributed by atoms with van der Waals surface area (Å²) in [5.41, 5.74) is 2.57. The van der Waals surface area contributed by atoms with Crippen LogP contribution < -0.4 is 20.9 Å². The number of aromatic nitrogens is 3. The summed E-state index contributed by atoms with van der Waals surface area (Å²) in [5.74, 6) is 1.93. The standard InChI is InChI=1S/C20H26N8/c21-9-16-12-25-20(14-23-16)27-19-8-17(24-11-15-4-3-5-22-10-15)18(13-26-19)28-6-1-2-7-28/h8,12-15,22H,1-7,10-11H2,(H2,24,25,26,27). The summed E-state index contributed by atoms with van der Waals surface area (Å²) in [6.45, 7) is 5.31. The van der Waals surface area contributed by atoms with E-state index in [0.29, 0.717) is 23.2 Å². The molecule has 2 fully saturated rings. The van der Waals surface area contributed by atoms with E-state index in [0.717, 1.165) is 44.1 Å². The number of anilines is 4. The predicted octanol–water partition coefficient (Wildman–Crippen LogP) is 2.50. The maximum Gasteiger partial charge on any atom is 0.158 e. The minimum atomic E-state index is 0.298. The van der Waals surface area contributed by atoms with Crippen LogP contribution in [0.1, 0.15) is 31.4 Å². The molecule has 1 atom stereocenters. The Bertz CT molecular complexity index is 817. The fourth-order valence-electron chi connectivity index (χ4n) is 3.80. The van der Waals surface area contributed by atoms with Crippen molar-refractivity contribution in [3.05, 3.63) is 30.4 Å². The molecule has 2 aliphatic rings. The van der Waals surface area contributed by atoms with E-state index < -0.39 is 0 Å². The highest BCUT2D eigenvalue weighted by atomic mass is 15.2. The van der Waals surface area contributed by atoms with E-state index >= 15 is 0 Å². The van der Waals surface area contributed by atoms with Gasteiger partial charge in [0, 0.05) is 25.7 Å². The van der Waals surface area contributed by atoms with Crippen LogP contribution in [-0.4, -0.2) is 47.7 Å². The molecule has 0 spiro atoms. The largest absolute Gasteiger partial charge is 0.383 e. The molecule has 8 nitrogen and oxygen atoms in total. The first-order chi connectivity index (χ1) is 13.8. The molecule has 2 saturated heterocycles. The Morgan fingerprint density at radius 1 is 1.11 bits per heavy atom. The van der Waals surface area contributed by atoms with E-state index in [2.05, 4.69) is 35.8 Å². The molecule has 2 aromatic heterocycles. The Kier molecular flexibility index (Phi) is 5.83. The maximum absolute atomic E-state index is 8.85. The van der Waals surface area contributed by atoms with E-state index in [9.17, 15) is 0 Å². The van der Waals surface area contributed by atoms with E-state index in [-0.39, 0.29) is 0 Å². The third-order valence-corrected chi connectivity index (χ3v) is 5.33.